The van der Waals surface area contributed by atoms with E-state index >= 15 is 0 Å². The highest BCUT2D eigenvalue weighted by Gasteiger charge is 2.18. The fraction of sp³-hybridized carbons (Fsp3) is 0.583. The Morgan fingerprint density at radius 1 is 1.47 bits per heavy atom. The molecule has 1 aromatic rings. The zero-order valence-corrected chi connectivity index (χ0v) is 12.3. The third-order valence-electron chi connectivity index (χ3n) is 2.79. The first-order valence-electron chi connectivity index (χ1n) is 6.12. The van der Waals surface area contributed by atoms with Crippen LogP contribution in [0.15, 0.2) is 11.1 Å². The minimum absolute atomic E-state index is 0.158. The number of ether oxygens (including phenoxy) is 1. The Hall–Kier alpha value is -0.850. The maximum Gasteiger partial charge on any atom is 0.232 e. The number of carbonyl (C=O) groups excluding carboxylic acids is 1. The van der Waals surface area contributed by atoms with Gasteiger partial charge in [-0.15, -0.1) is 0 Å². The maximum absolute atomic E-state index is 11.9. The third-order valence-corrected chi connectivity index (χ3v) is 3.88. The Bertz CT molecular complexity index is 453. The molecular formula is C12H16ClN3O2S. The molecule has 0 bridgehead atoms. The summed E-state index contributed by atoms with van der Waals surface area (Å²) < 4.78 is 4.98. The molecule has 2 heterocycles. The number of halogens is 1. The van der Waals surface area contributed by atoms with Crippen LogP contribution in [0, 0.1) is 0 Å². The van der Waals surface area contributed by atoms with Crippen LogP contribution in [0.25, 0.3) is 0 Å². The summed E-state index contributed by atoms with van der Waals surface area (Å²) in [5, 5.41) is 1.08. The Labute approximate surface area is 121 Å². The van der Waals surface area contributed by atoms with Crippen molar-refractivity contribution in [3.8, 4) is 0 Å². The molecule has 5 nitrogen and oxygen atoms in total. The summed E-state index contributed by atoms with van der Waals surface area (Å²) in [6.45, 7) is 2.06. The first kappa shape index (κ1) is 14.6. The number of thioether (sulfide) groups is 1. The van der Waals surface area contributed by atoms with E-state index in [0.29, 0.717) is 28.4 Å². The van der Waals surface area contributed by atoms with Crippen LogP contribution in [0.5, 0.6) is 0 Å². The van der Waals surface area contributed by atoms with Gasteiger partial charge in [-0.05, 0) is 12.8 Å². The highest BCUT2D eigenvalue weighted by Crippen LogP contribution is 2.20. The molecule has 104 valence electrons. The van der Waals surface area contributed by atoms with Gasteiger partial charge in [-0.3, -0.25) is 4.79 Å². The number of nitrogens with zero attached hydrogens (tertiary/aromatic N) is 3. The van der Waals surface area contributed by atoms with Gasteiger partial charge in [-0.1, -0.05) is 23.4 Å². The number of aromatic nitrogens is 2. The van der Waals surface area contributed by atoms with Crippen molar-refractivity contribution >= 4 is 29.3 Å². The second-order valence-electron chi connectivity index (χ2n) is 4.25. The number of carbonyl (C=O) groups is 1. The summed E-state index contributed by atoms with van der Waals surface area (Å²) in [7, 11) is 1.58. The van der Waals surface area contributed by atoms with Crippen LogP contribution in [-0.4, -0.2) is 46.7 Å². The third kappa shape index (κ3) is 4.33. The molecule has 0 aromatic carbocycles. The van der Waals surface area contributed by atoms with Crippen LogP contribution in [0.3, 0.4) is 0 Å². The second-order valence-corrected chi connectivity index (χ2v) is 5.64. The zero-order valence-electron chi connectivity index (χ0n) is 10.8. The minimum Gasteiger partial charge on any atom is -0.377 e. The smallest absolute Gasteiger partial charge is 0.232 e. The van der Waals surface area contributed by atoms with Crippen molar-refractivity contribution in [2.45, 2.75) is 24.5 Å². The van der Waals surface area contributed by atoms with Crippen molar-refractivity contribution in [2.24, 2.45) is 0 Å². The quantitative estimate of drug-likeness (QED) is 0.615. The average Bonchev–Trinajstić information content (AvgIpc) is 2.89. The Morgan fingerprint density at radius 2 is 2.21 bits per heavy atom. The Balaban J connectivity index is 1.92. The van der Waals surface area contributed by atoms with E-state index < -0.39 is 0 Å². The maximum atomic E-state index is 11.9. The number of rotatable bonds is 5. The molecule has 1 amide bonds. The molecule has 1 aliphatic heterocycles. The van der Waals surface area contributed by atoms with E-state index in [-0.39, 0.29) is 5.91 Å². The number of amides is 1. The molecule has 19 heavy (non-hydrogen) atoms. The first-order valence-corrected chi connectivity index (χ1v) is 7.48. The molecule has 1 aliphatic rings. The van der Waals surface area contributed by atoms with Gasteiger partial charge in [0.15, 0.2) is 5.82 Å². The first-order chi connectivity index (χ1) is 9.19. The summed E-state index contributed by atoms with van der Waals surface area (Å²) in [6, 6.07) is 1.67. The standard InChI is InChI=1S/C12H16ClN3O2S/c1-18-7-10-14-9(13)6-11(15-10)19-8-12(17)16-4-2-3-5-16/h6H,2-5,7-8H2,1H3. The molecule has 0 radical (unpaired) electrons. The van der Waals surface area contributed by atoms with Crippen LogP contribution in [0.2, 0.25) is 5.15 Å². The molecule has 0 saturated carbocycles. The van der Waals surface area contributed by atoms with Gasteiger partial charge < -0.3 is 9.64 Å². The molecule has 0 aliphatic carbocycles. The molecule has 7 heteroatoms. The molecule has 0 atom stereocenters. The van der Waals surface area contributed by atoms with E-state index in [0.717, 1.165) is 25.9 Å². The van der Waals surface area contributed by atoms with E-state index in [9.17, 15) is 4.79 Å². The number of likely N-dealkylation sites (tertiary alicyclic amines) is 1. The fourth-order valence-electron chi connectivity index (χ4n) is 1.90. The topological polar surface area (TPSA) is 55.3 Å². The van der Waals surface area contributed by atoms with Gasteiger partial charge in [0.25, 0.3) is 0 Å². The van der Waals surface area contributed by atoms with Crippen LogP contribution in [0.1, 0.15) is 18.7 Å². The lowest BCUT2D eigenvalue weighted by atomic mass is 10.4. The number of hydrogen-bond acceptors (Lipinski definition) is 5. The van der Waals surface area contributed by atoms with Gasteiger partial charge in [0.1, 0.15) is 16.8 Å². The van der Waals surface area contributed by atoms with Gasteiger partial charge in [-0.25, -0.2) is 9.97 Å². The molecular weight excluding hydrogens is 286 g/mol. The Kier molecular flexibility index (Phi) is 5.42. The van der Waals surface area contributed by atoms with E-state index in [1.165, 1.54) is 11.8 Å². The summed E-state index contributed by atoms with van der Waals surface area (Å²) in [5.74, 6) is 1.08. The lowest BCUT2D eigenvalue weighted by molar-refractivity contribution is -0.127. The van der Waals surface area contributed by atoms with Gasteiger partial charge in [0.05, 0.1) is 5.75 Å². The normalized spacial score (nSPS) is 14.9. The van der Waals surface area contributed by atoms with Crippen molar-refractivity contribution in [3.63, 3.8) is 0 Å². The van der Waals surface area contributed by atoms with Crippen LogP contribution in [-0.2, 0) is 16.1 Å². The zero-order chi connectivity index (χ0) is 13.7. The predicted molar refractivity (Wildman–Crippen MR) is 74.3 cm³/mol. The van der Waals surface area contributed by atoms with E-state index in [4.69, 9.17) is 16.3 Å². The summed E-state index contributed by atoms with van der Waals surface area (Å²) >= 11 is 7.30. The molecule has 0 unspecified atom stereocenters. The monoisotopic (exact) mass is 301 g/mol. The Morgan fingerprint density at radius 3 is 2.89 bits per heavy atom. The lowest BCUT2D eigenvalue weighted by Gasteiger charge is -2.14. The molecule has 1 aromatic heterocycles. The van der Waals surface area contributed by atoms with Crippen molar-refractivity contribution in [3.05, 3.63) is 17.0 Å². The summed E-state index contributed by atoms with van der Waals surface area (Å²) in [5.41, 5.74) is 0. The summed E-state index contributed by atoms with van der Waals surface area (Å²) in [6.07, 6.45) is 2.21. The van der Waals surface area contributed by atoms with E-state index in [1.54, 1.807) is 13.2 Å². The van der Waals surface area contributed by atoms with Crippen molar-refractivity contribution in [1.29, 1.82) is 0 Å². The van der Waals surface area contributed by atoms with Gasteiger partial charge in [-0.2, -0.15) is 0 Å². The highest BCUT2D eigenvalue weighted by atomic mass is 35.5. The molecule has 2 rings (SSSR count). The minimum atomic E-state index is 0.158. The van der Waals surface area contributed by atoms with E-state index in [2.05, 4.69) is 9.97 Å². The SMILES string of the molecule is COCc1nc(Cl)cc(SCC(=O)N2CCCC2)n1. The van der Waals surface area contributed by atoms with Crippen LogP contribution in [0.4, 0.5) is 0 Å². The van der Waals surface area contributed by atoms with Crippen molar-refractivity contribution in [2.75, 3.05) is 26.0 Å². The number of hydrogen-bond donors (Lipinski definition) is 0. The molecule has 1 fully saturated rings. The van der Waals surface area contributed by atoms with Crippen LogP contribution >= 0.6 is 23.4 Å². The van der Waals surface area contributed by atoms with Crippen molar-refractivity contribution in [1.82, 2.24) is 14.9 Å². The van der Waals surface area contributed by atoms with Crippen molar-refractivity contribution < 1.29 is 9.53 Å². The predicted octanol–water partition coefficient (Wildman–Crippen LogP) is 1.99. The molecule has 0 N–H and O–H groups in total. The van der Waals surface area contributed by atoms with Gasteiger partial charge >= 0.3 is 0 Å². The second kappa shape index (κ2) is 7.07. The van der Waals surface area contributed by atoms with Crippen LogP contribution < -0.4 is 0 Å². The molecule has 0 spiro atoms. The molecule has 1 saturated heterocycles. The average molecular weight is 302 g/mol. The van der Waals surface area contributed by atoms with Gasteiger partial charge in [0, 0.05) is 26.3 Å². The fourth-order valence-corrected chi connectivity index (χ4v) is 2.99. The summed E-state index contributed by atoms with van der Waals surface area (Å²) in [4.78, 5) is 22.2. The number of methoxy groups -OCH3 is 1. The highest BCUT2D eigenvalue weighted by molar-refractivity contribution is 7.99. The largest absolute Gasteiger partial charge is 0.377 e. The lowest BCUT2D eigenvalue weighted by Crippen LogP contribution is -2.29. The van der Waals surface area contributed by atoms with Gasteiger partial charge in [0.2, 0.25) is 5.91 Å². The van der Waals surface area contributed by atoms with E-state index in [1.807, 2.05) is 4.90 Å².